The fraction of sp³-hybridized carbons (Fsp3) is 0.118. The van der Waals surface area contributed by atoms with Crippen molar-refractivity contribution in [2.24, 2.45) is 12.8 Å². The SMILES string of the molecule is Cn1cc(Nc2ncc(F)c(-c3ccc(C(N)=O)c(F)c3CC#N)n2)cn1. The Balaban J connectivity index is 2.10. The molecule has 136 valence electrons. The minimum atomic E-state index is -0.986. The third-order valence-corrected chi connectivity index (χ3v) is 3.72. The number of carbonyl (C=O) groups excluding carboxylic acids is 1. The zero-order valence-corrected chi connectivity index (χ0v) is 14.1. The zero-order valence-electron chi connectivity index (χ0n) is 14.1. The van der Waals surface area contributed by atoms with E-state index in [4.69, 9.17) is 11.0 Å². The van der Waals surface area contributed by atoms with Crippen LogP contribution in [0.15, 0.2) is 30.7 Å². The molecule has 2 aromatic heterocycles. The molecule has 3 aromatic rings. The maximum absolute atomic E-state index is 14.6. The Morgan fingerprint density at radius 1 is 1.37 bits per heavy atom. The topological polar surface area (TPSA) is 123 Å². The Morgan fingerprint density at radius 3 is 2.78 bits per heavy atom. The summed E-state index contributed by atoms with van der Waals surface area (Å²) in [7, 11) is 1.72. The molecule has 2 heterocycles. The van der Waals surface area contributed by atoms with Crippen LogP contribution < -0.4 is 11.1 Å². The summed E-state index contributed by atoms with van der Waals surface area (Å²) >= 11 is 0. The molecule has 3 N–H and O–H groups in total. The third-order valence-electron chi connectivity index (χ3n) is 3.72. The Hall–Kier alpha value is -3.87. The van der Waals surface area contributed by atoms with Gasteiger partial charge in [0.25, 0.3) is 5.91 Å². The average Bonchev–Trinajstić information content (AvgIpc) is 3.03. The summed E-state index contributed by atoms with van der Waals surface area (Å²) in [5, 5.41) is 15.8. The lowest BCUT2D eigenvalue weighted by Crippen LogP contribution is -2.15. The minimum Gasteiger partial charge on any atom is -0.366 e. The second-order valence-corrected chi connectivity index (χ2v) is 5.57. The third kappa shape index (κ3) is 3.57. The molecule has 1 aromatic carbocycles. The number of hydrogen-bond acceptors (Lipinski definition) is 6. The molecule has 0 atom stereocenters. The fourth-order valence-electron chi connectivity index (χ4n) is 2.52. The first-order valence-corrected chi connectivity index (χ1v) is 7.67. The summed E-state index contributed by atoms with van der Waals surface area (Å²) in [6, 6.07) is 4.22. The summed E-state index contributed by atoms with van der Waals surface area (Å²) in [5.74, 6) is -2.71. The summed E-state index contributed by atoms with van der Waals surface area (Å²) in [4.78, 5) is 19.3. The van der Waals surface area contributed by atoms with Crippen LogP contribution >= 0.6 is 0 Å². The smallest absolute Gasteiger partial charge is 0.251 e. The van der Waals surface area contributed by atoms with Gasteiger partial charge in [-0.25, -0.2) is 18.7 Å². The number of rotatable bonds is 5. The highest BCUT2D eigenvalue weighted by Crippen LogP contribution is 2.29. The summed E-state index contributed by atoms with van der Waals surface area (Å²) in [6.45, 7) is 0. The molecule has 1 amide bonds. The van der Waals surface area contributed by atoms with E-state index < -0.39 is 24.0 Å². The Bertz CT molecular complexity index is 1070. The van der Waals surface area contributed by atoms with Gasteiger partial charge in [0.1, 0.15) is 11.5 Å². The molecular weight excluding hydrogens is 356 g/mol. The van der Waals surface area contributed by atoms with E-state index in [9.17, 15) is 13.6 Å². The monoisotopic (exact) mass is 369 g/mol. The van der Waals surface area contributed by atoms with E-state index in [2.05, 4.69) is 20.4 Å². The molecule has 8 nitrogen and oxygen atoms in total. The molecule has 0 fully saturated rings. The Labute approximate surface area is 152 Å². The van der Waals surface area contributed by atoms with E-state index in [1.165, 1.54) is 12.3 Å². The van der Waals surface area contributed by atoms with E-state index in [-0.39, 0.29) is 28.3 Å². The lowest BCUT2D eigenvalue weighted by Gasteiger charge is -2.12. The van der Waals surface area contributed by atoms with Crippen molar-refractivity contribution in [3.63, 3.8) is 0 Å². The van der Waals surface area contributed by atoms with Crippen LogP contribution in [0.25, 0.3) is 11.3 Å². The quantitative estimate of drug-likeness (QED) is 0.710. The van der Waals surface area contributed by atoms with Gasteiger partial charge >= 0.3 is 0 Å². The highest BCUT2D eigenvalue weighted by molar-refractivity contribution is 5.94. The summed E-state index contributed by atoms with van der Waals surface area (Å²) in [6.07, 6.45) is 3.72. The number of aryl methyl sites for hydroxylation is 1. The van der Waals surface area contributed by atoms with Crippen molar-refractivity contribution in [2.45, 2.75) is 6.42 Å². The zero-order chi connectivity index (χ0) is 19.6. The van der Waals surface area contributed by atoms with Crippen molar-refractivity contribution in [3.8, 4) is 17.3 Å². The first-order valence-electron chi connectivity index (χ1n) is 7.67. The van der Waals surface area contributed by atoms with Gasteiger partial charge < -0.3 is 11.1 Å². The number of carbonyl (C=O) groups is 1. The maximum Gasteiger partial charge on any atom is 0.251 e. The molecule has 0 spiro atoms. The molecule has 0 saturated heterocycles. The largest absolute Gasteiger partial charge is 0.366 e. The van der Waals surface area contributed by atoms with Crippen LogP contribution in [0.5, 0.6) is 0 Å². The lowest BCUT2D eigenvalue weighted by molar-refractivity contribution is 0.0996. The highest BCUT2D eigenvalue weighted by Gasteiger charge is 2.21. The predicted molar refractivity (Wildman–Crippen MR) is 91.7 cm³/mol. The predicted octanol–water partition coefficient (Wildman–Crippen LogP) is 2.06. The van der Waals surface area contributed by atoms with E-state index in [0.717, 1.165) is 12.3 Å². The van der Waals surface area contributed by atoms with Crippen molar-refractivity contribution < 1.29 is 13.6 Å². The molecule has 0 unspecified atom stereocenters. The van der Waals surface area contributed by atoms with Crippen LogP contribution in [-0.4, -0.2) is 25.7 Å². The van der Waals surface area contributed by atoms with Crippen molar-refractivity contribution in [1.29, 1.82) is 5.26 Å². The molecule has 3 rings (SSSR count). The molecule has 27 heavy (non-hydrogen) atoms. The average molecular weight is 369 g/mol. The Morgan fingerprint density at radius 2 is 2.15 bits per heavy atom. The van der Waals surface area contributed by atoms with Crippen LogP contribution in [0.2, 0.25) is 0 Å². The lowest BCUT2D eigenvalue weighted by atomic mass is 9.97. The van der Waals surface area contributed by atoms with Crippen molar-refractivity contribution >= 4 is 17.5 Å². The first-order chi connectivity index (χ1) is 12.9. The number of primary amides is 1. The van der Waals surface area contributed by atoms with Crippen LogP contribution in [0, 0.1) is 23.0 Å². The molecular formula is C17H13F2N7O. The second kappa shape index (κ2) is 7.17. The van der Waals surface area contributed by atoms with Gasteiger partial charge in [0, 0.05) is 24.4 Å². The van der Waals surface area contributed by atoms with Gasteiger partial charge in [-0.15, -0.1) is 0 Å². The number of benzene rings is 1. The van der Waals surface area contributed by atoms with Gasteiger partial charge in [0.2, 0.25) is 5.95 Å². The van der Waals surface area contributed by atoms with E-state index in [0.29, 0.717) is 5.69 Å². The number of nitrogens with two attached hydrogens (primary N) is 1. The van der Waals surface area contributed by atoms with Crippen LogP contribution in [0.3, 0.4) is 0 Å². The maximum atomic E-state index is 14.6. The van der Waals surface area contributed by atoms with Gasteiger partial charge in [0.05, 0.1) is 36.1 Å². The van der Waals surface area contributed by atoms with Crippen LogP contribution in [0.1, 0.15) is 15.9 Å². The molecule has 0 aliphatic carbocycles. The number of nitrogens with zero attached hydrogens (tertiary/aromatic N) is 5. The van der Waals surface area contributed by atoms with Gasteiger partial charge in [-0.3, -0.25) is 9.48 Å². The summed E-state index contributed by atoms with van der Waals surface area (Å²) < 4.78 is 30.5. The van der Waals surface area contributed by atoms with Gasteiger partial charge in [0.15, 0.2) is 5.82 Å². The minimum absolute atomic E-state index is 0.0354. The number of nitrogens with one attached hydrogen (secondary N) is 1. The van der Waals surface area contributed by atoms with Gasteiger partial charge in [-0.1, -0.05) is 6.07 Å². The Kier molecular flexibility index (Phi) is 4.76. The van der Waals surface area contributed by atoms with Gasteiger partial charge in [-0.05, 0) is 6.07 Å². The number of nitriles is 1. The molecule has 0 aliphatic heterocycles. The van der Waals surface area contributed by atoms with Crippen molar-refractivity contribution in [2.75, 3.05) is 5.32 Å². The van der Waals surface area contributed by atoms with Crippen molar-refractivity contribution in [1.82, 2.24) is 19.7 Å². The first kappa shape index (κ1) is 17.9. The number of aromatic nitrogens is 4. The number of hydrogen-bond donors (Lipinski definition) is 2. The van der Waals surface area contributed by atoms with Gasteiger partial charge in [-0.2, -0.15) is 10.4 Å². The molecule has 0 radical (unpaired) electrons. The van der Waals surface area contributed by atoms with Crippen LogP contribution in [-0.2, 0) is 13.5 Å². The van der Waals surface area contributed by atoms with E-state index >= 15 is 0 Å². The number of amides is 1. The number of halogens is 2. The van der Waals surface area contributed by atoms with Crippen molar-refractivity contribution in [3.05, 3.63) is 53.5 Å². The molecule has 0 bridgehead atoms. The molecule has 0 aliphatic rings. The standard InChI is InChI=1S/C17H13F2N7O/c1-26-8-9(6-23-26)24-17-22-7-13(18)15(25-17)11-2-3-12(16(21)27)14(19)10(11)4-5-20/h2-3,6-8H,4H2,1H3,(H2,21,27)(H,22,24,25). The number of anilines is 2. The second-order valence-electron chi connectivity index (χ2n) is 5.57. The summed E-state index contributed by atoms with van der Waals surface area (Å²) in [5.41, 5.74) is 4.98. The normalized spacial score (nSPS) is 10.4. The molecule has 10 heteroatoms. The molecule has 0 saturated carbocycles. The highest BCUT2D eigenvalue weighted by atomic mass is 19.1. The van der Waals surface area contributed by atoms with E-state index in [1.54, 1.807) is 24.0 Å². The van der Waals surface area contributed by atoms with E-state index in [1.807, 2.05) is 0 Å². The fourth-order valence-corrected chi connectivity index (χ4v) is 2.52. The van der Waals surface area contributed by atoms with Crippen LogP contribution in [0.4, 0.5) is 20.4 Å².